The second-order valence-corrected chi connectivity index (χ2v) is 15.1. The topological polar surface area (TPSA) is 83.1 Å². The summed E-state index contributed by atoms with van der Waals surface area (Å²) in [5.41, 5.74) is 10.6. The monoisotopic (exact) mass is 822 g/mol. The largest absolute Gasteiger partial charge is 0.496 e. The highest BCUT2D eigenvalue weighted by molar-refractivity contribution is 5.56. The highest BCUT2D eigenvalue weighted by Gasteiger charge is 2.22. The summed E-state index contributed by atoms with van der Waals surface area (Å²) in [7, 11) is 5.25. The number of rotatable bonds is 3. The molecule has 1 aliphatic heterocycles. The molecule has 0 atom stereocenters. The third-order valence-corrected chi connectivity index (χ3v) is 11.2. The molecule has 0 saturated carbocycles. The van der Waals surface area contributed by atoms with E-state index in [1.807, 2.05) is 24.3 Å². The molecule has 316 valence electrons. The van der Waals surface area contributed by atoms with Crippen molar-refractivity contribution in [1.29, 1.82) is 0 Å². The maximum Gasteiger partial charge on any atom is 0.161 e. The number of fused-ring (bicyclic) bond motifs is 5. The molecule has 1 heterocycles. The third-order valence-electron chi connectivity index (χ3n) is 11.2. The van der Waals surface area contributed by atoms with Crippen molar-refractivity contribution in [2.45, 2.75) is 32.1 Å². The van der Waals surface area contributed by atoms with Crippen molar-refractivity contribution >= 4 is 0 Å². The molecule has 9 heteroatoms. The van der Waals surface area contributed by atoms with Crippen molar-refractivity contribution < 1.29 is 42.6 Å². The fourth-order valence-electron chi connectivity index (χ4n) is 8.48. The van der Waals surface area contributed by atoms with Crippen LogP contribution >= 0.6 is 0 Å². The molecule has 6 aromatic carbocycles. The number of hydrogen-bond donors (Lipinski definition) is 0. The molecule has 2 aliphatic rings. The van der Waals surface area contributed by atoms with Gasteiger partial charge in [-0.1, -0.05) is 103 Å². The molecule has 0 amide bonds. The van der Waals surface area contributed by atoms with E-state index in [1.54, 1.807) is 21.3 Å². The highest BCUT2D eigenvalue weighted by Crippen LogP contribution is 2.39. The van der Waals surface area contributed by atoms with Gasteiger partial charge in [-0.15, -0.1) is 0 Å². The quantitative estimate of drug-likeness (QED) is 0.173. The van der Waals surface area contributed by atoms with E-state index in [0.717, 1.165) is 84.4 Å². The Bertz CT molecular complexity index is 2250. The summed E-state index contributed by atoms with van der Waals surface area (Å²) in [5.74, 6) is 5.50. The third kappa shape index (κ3) is 9.91. The Morgan fingerprint density at radius 2 is 0.557 bits per heavy atom. The lowest BCUT2D eigenvalue weighted by Gasteiger charge is -2.21. The zero-order valence-electron chi connectivity index (χ0n) is 35.3. The molecule has 0 N–H and O–H groups in total. The van der Waals surface area contributed by atoms with E-state index in [1.165, 1.54) is 0 Å². The van der Waals surface area contributed by atoms with Crippen LogP contribution in [0, 0.1) is 0 Å². The lowest BCUT2D eigenvalue weighted by atomic mass is 9.91. The zero-order valence-corrected chi connectivity index (χ0v) is 35.3. The van der Waals surface area contributed by atoms with Gasteiger partial charge >= 0.3 is 0 Å². The number of ether oxygens (including phenoxy) is 9. The maximum atomic E-state index is 6.73. The van der Waals surface area contributed by atoms with E-state index in [0.29, 0.717) is 96.5 Å². The lowest BCUT2D eigenvalue weighted by molar-refractivity contribution is 0.0695. The standard InChI is InChI=1S/C52H54O9/c1-53-48-36-11-6-13-38(48)32-42-17-9-19-44-34-40-15-8-16-41(50(40)55-3)35-45-20-10-18-43(33-39-14-7-12-37(31-36)49(39)54-2)52(45)61-30-26-57-24-28-59-47-22-5-4-21-46(47)58-27-23-56-25-29-60-51(42)44/h4-22H,23-35H2,1-3H3. The summed E-state index contributed by atoms with van der Waals surface area (Å²) in [6.07, 6.45) is 3.04. The summed E-state index contributed by atoms with van der Waals surface area (Å²) in [6.45, 7) is 2.98. The molecule has 0 spiro atoms. The Morgan fingerprint density at radius 1 is 0.295 bits per heavy atom. The van der Waals surface area contributed by atoms with Crippen LogP contribution in [0.25, 0.3) is 0 Å². The Labute approximate surface area is 359 Å². The minimum absolute atomic E-state index is 0.354. The molecule has 0 saturated heterocycles. The van der Waals surface area contributed by atoms with Crippen LogP contribution < -0.4 is 33.2 Å². The normalized spacial score (nSPS) is 15.0. The van der Waals surface area contributed by atoms with Crippen molar-refractivity contribution in [3.8, 4) is 40.2 Å². The smallest absolute Gasteiger partial charge is 0.161 e. The van der Waals surface area contributed by atoms with Gasteiger partial charge in [0.25, 0.3) is 0 Å². The van der Waals surface area contributed by atoms with Crippen LogP contribution in [0.2, 0.25) is 0 Å². The van der Waals surface area contributed by atoms with E-state index in [9.17, 15) is 0 Å². The Kier molecular flexibility index (Phi) is 13.9. The molecule has 8 rings (SSSR count). The van der Waals surface area contributed by atoms with Gasteiger partial charge in [-0.3, -0.25) is 0 Å². The fraction of sp³-hybridized carbons (Fsp3) is 0.308. The van der Waals surface area contributed by atoms with Crippen LogP contribution in [0.1, 0.15) is 55.6 Å². The van der Waals surface area contributed by atoms with E-state index in [4.69, 9.17) is 42.6 Å². The van der Waals surface area contributed by atoms with Crippen LogP contribution in [-0.2, 0) is 41.6 Å². The fourth-order valence-corrected chi connectivity index (χ4v) is 8.48. The average molecular weight is 823 g/mol. The van der Waals surface area contributed by atoms with Crippen LogP contribution in [0.15, 0.2) is 115 Å². The number of methoxy groups -OCH3 is 3. The van der Waals surface area contributed by atoms with Crippen molar-refractivity contribution in [2.75, 3.05) is 74.2 Å². The first-order chi connectivity index (χ1) is 30.1. The Hall–Kier alpha value is -6.16. The Balaban J connectivity index is 1.25. The van der Waals surface area contributed by atoms with E-state index in [2.05, 4.69) is 91.0 Å². The van der Waals surface area contributed by atoms with Gasteiger partial charge in [0.2, 0.25) is 0 Å². The molecule has 0 fully saturated rings. The van der Waals surface area contributed by atoms with Gasteiger partial charge in [-0.05, 0) is 67.8 Å². The maximum absolute atomic E-state index is 6.73. The van der Waals surface area contributed by atoms with E-state index >= 15 is 0 Å². The van der Waals surface area contributed by atoms with E-state index in [-0.39, 0.29) is 0 Å². The second-order valence-electron chi connectivity index (χ2n) is 15.1. The molecular weight excluding hydrogens is 769 g/mol. The number of hydrogen-bond acceptors (Lipinski definition) is 9. The first kappa shape index (κ1) is 41.6. The van der Waals surface area contributed by atoms with Crippen LogP contribution in [0.4, 0.5) is 0 Å². The van der Waals surface area contributed by atoms with Gasteiger partial charge in [0, 0.05) is 32.1 Å². The van der Waals surface area contributed by atoms with Crippen LogP contribution in [-0.4, -0.2) is 74.2 Å². The predicted octanol–water partition coefficient (Wildman–Crippen LogP) is 9.24. The van der Waals surface area contributed by atoms with E-state index < -0.39 is 0 Å². The van der Waals surface area contributed by atoms with Gasteiger partial charge in [0.1, 0.15) is 55.2 Å². The zero-order chi connectivity index (χ0) is 41.8. The SMILES string of the molecule is COc1c2cccc1Cc1cccc3c1OCCOCCOc1ccccc1OCCOCCOc1c(cccc1Cc1cccc(c1OC)C3)Cc1cccc(c1OC)C2. The highest BCUT2D eigenvalue weighted by atomic mass is 16.6. The van der Waals surface area contributed by atoms with Crippen molar-refractivity contribution in [1.82, 2.24) is 0 Å². The molecule has 61 heavy (non-hydrogen) atoms. The van der Waals surface area contributed by atoms with Gasteiger partial charge in [-0.2, -0.15) is 0 Å². The summed E-state index contributed by atoms with van der Waals surface area (Å²) >= 11 is 0. The summed E-state index contributed by atoms with van der Waals surface area (Å²) in [6, 6.07) is 39.6. The summed E-state index contributed by atoms with van der Waals surface area (Å²) in [5, 5.41) is 0. The van der Waals surface area contributed by atoms with Crippen LogP contribution in [0.3, 0.4) is 0 Å². The van der Waals surface area contributed by atoms with Crippen molar-refractivity contribution in [3.05, 3.63) is 171 Å². The number of para-hydroxylation sites is 7. The van der Waals surface area contributed by atoms with Crippen LogP contribution in [0.5, 0.6) is 40.2 Å². The molecular formula is C52H54O9. The van der Waals surface area contributed by atoms with Gasteiger partial charge in [0.05, 0.1) is 47.8 Å². The van der Waals surface area contributed by atoms with Gasteiger partial charge in [-0.25, -0.2) is 0 Å². The van der Waals surface area contributed by atoms with Crippen molar-refractivity contribution in [2.24, 2.45) is 0 Å². The van der Waals surface area contributed by atoms with Crippen molar-refractivity contribution in [3.63, 3.8) is 0 Å². The molecule has 12 bridgehead atoms. The molecule has 9 nitrogen and oxygen atoms in total. The minimum Gasteiger partial charge on any atom is -0.496 e. The molecule has 1 aliphatic carbocycles. The average Bonchev–Trinajstić information content (AvgIpc) is 3.27. The molecule has 0 unspecified atom stereocenters. The second kappa shape index (κ2) is 20.4. The molecule has 0 radical (unpaired) electrons. The van der Waals surface area contributed by atoms with Gasteiger partial charge < -0.3 is 42.6 Å². The first-order valence-electron chi connectivity index (χ1n) is 21.0. The van der Waals surface area contributed by atoms with Gasteiger partial charge in [0.15, 0.2) is 11.5 Å². The summed E-state index contributed by atoms with van der Waals surface area (Å²) < 4.78 is 56.4. The number of benzene rings is 6. The molecule has 0 aromatic heterocycles. The Morgan fingerprint density at radius 3 is 0.852 bits per heavy atom. The summed E-state index contributed by atoms with van der Waals surface area (Å²) in [4.78, 5) is 0. The predicted molar refractivity (Wildman–Crippen MR) is 236 cm³/mol. The molecule has 6 aromatic rings. The lowest BCUT2D eigenvalue weighted by Crippen LogP contribution is -2.15. The minimum atomic E-state index is 0.354. The first-order valence-corrected chi connectivity index (χ1v) is 21.0.